The predicted octanol–water partition coefficient (Wildman–Crippen LogP) is 5.31. The standard InChI is InChI=1S/C19H18Cl2N4OS/c1-11-4-7-17(12(2)8-11)25-10-22-24-19(25)27-13(3)18(26)23-16-6-5-14(20)9-15(16)21/h4-10,13H,1-3H3,(H,23,26). The highest BCUT2D eigenvalue weighted by Crippen LogP contribution is 2.29. The molecule has 0 saturated heterocycles. The fourth-order valence-corrected chi connectivity index (χ4v) is 3.87. The summed E-state index contributed by atoms with van der Waals surface area (Å²) in [6.07, 6.45) is 1.65. The normalized spacial score (nSPS) is 12.0. The number of aryl methyl sites for hydroxylation is 2. The van der Waals surface area contributed by atoms with Gasteiger partial charge in [0.05, 0.1) is 21.6 Å². The van der Waals surface area contributed by atoms with E-state index >= 15 is 0 Å². The van der Waals surface area contributed by atoms with Crippen LogP contribution in [0.25, 0.3) is 5.69 Å². The Balaban J connectivity index is 1.76. The quantitative estimate of drug-likeness (QED) is 0.568. The lowest BCUT2D eigenvalue weighted by Gasteiger charge is -2.14. The summed E-state index contributed by atoms with van der Waals surface area (Å²) < 4.78 is 1.89. The van der Waals surface area contributed by atoms with Crippen molar-refractivity contribution >= 4 is 46.6 Å². The first-order valence-electron chi connectivity index (χ1n) is 8.25. The Labute approximate surface area is 172 Å². The molecule has 27 heavy (non-hydrogen) atoms. The lowest BCUT2D eigenvalue weighted by molar-refractivity contribution is -0.115. The Morgan fingerprint density at radius 2 is 1.96 bits per heavy atom. The van der Waals surface area contributed by atoms with E-state index in [-0.39, 0.29) is 5.91 Å². The van der Waals surface area contributed by atoms with Crippen LogP contribution >= 0.6 is 35.0 Å². The van der Waals surface area contributed by atoms with Crippen LogP contribution in [0, 0.1) is 13.8 Å². The topological polar surface area (TPSA) is 59.8 Å². The minimum absolute atomic E-state index is 0.181. The number of benzene rings is 2. The van der Waals surface area contributed by atoms with E-state index in [1.54, 1.807) is 24.5 Å². The monoisotopic (exact) mass is 420 g/mol. The molecule has 1 unspecified atom stereocenters. The van der Waals surface area contributed by atoms with Crippen molar-refractivity contribution in [2.75, 3.05) is 5.32 Å². The zero-order valence-electron chi connectivity index (χ0n) is 15.0. The third kappa shape index (κ3) is 4.64. The molecule has 0 aliphatic rings. The second-order valence-corrected chi connectivity index (χ2v) is 8.30. The smallest absolute Gasteiger partial charge is 0.237 e. The number of carbonyl (C=O) groups excluding carboxylic acids is 1. The maximum absolute atomic E-state index is 12.6. The van der Waals surface area contributed by atoms with Crippen molar-refractivity contribution in [2.45, 2.75) is 31.2 Å². The van der Waals surface area contributed by atoms with Crippen LogP contribution in [0.3, 0.4) is 0 Å². The molecule has 0 fully saturated rings. The lowest BCUT2D eigenvalue weighted by atomic mass is 10.1. The molecule has 1 aromatic heterocycles. The van der Waals surface area contributed by atoms with Gasteiger partial charge in [0.2, 0.25) is 5.91 Å². The zero-order valence-corrected chi connectivity index (χ0v) is 17.4. The fourth-order valence-electron chi connectivity index (χ4n) is 2.58. The molecule has 1 amide bonds. The van der Waals surface area contributed by atoms with Gasteiger partial charge in [0, 0.05) is 5.02 Å². The Kier molecular flexibility index (Phi) is 6.09. The van der Waals surface area contributed by atoms with Gasteiger partial charge >= 0.3 is 0 Å². The van der Waals surface area contributed by atoms with Gasteiger partial charge in [-0.15, -0.1) is 10.2 Å². The fraction of sp³-hybridized carbons (Fsp3) is 0.211. The van der Waals surface area contributed by atoms with E-state index in [2.05, 4.69) is 21.6 Å². The van der Waals surface area contributed by atoms with Crippen molar-refractivity contribution in [3.05, 3.63) is 63.9 Å². The Bertz CT molecular complexity index is 990. The van der Waals surface area contributed by atoms with Crippen molar-refractivity contribution in [1.29, 1.82) is 0 Å². The number of carbonyl (C=O) groups is 1. The van der Waals surface area contributed by atoms with Crippen LogP contribution in [-0.2, 0) is 4.79 Å². The van der Waals surface area contributed by atoms with Crippen LogP contribution in [0.5, 0.6) is 0 Å². The van der Waals surface area contributed by atoms with Crippen LogP contribution in [0.4, 0.5) is 5.69 Å². The Morgan fingerprint density at radius 3 is 2.67 bits per heavy atom. The van der Waals surface area contributed by atoms with E-state index in [9.17, 15) is 4.79 Å². The van der Waals surface area contributed by atoms with Crippen molar-refractivity contribution in [1.82, 2.24) is 14.8 Å². The van der Waals surface area contributed by atoms with E-state index in [1.807, 2.05) is 37.5 Å². The second kappa shape index (κ2) is 8.33. The summed E-state index contributed by atoms with van der Waals surface area (Å²) >= 11 is 13.3. The van der Waals surface area contributed by atoms with E-state index in [4.69, 9.17) is 23.2 Å². The summed E-state index contributed by atoms with van der Waals surface area (Å²) in [7, 11) is 0. The third-order valence-electron chi connectivity index (χ3n) is 3.97. The van der Waals surface area contributed by atoms with E-state index in [1.165, 1.54) is 17.3 Å². The highest BCUT2D eigenvalue weighted by atomic mass is 35.5. The SMILES string of the molecule is Cc1ccc(-n2cnnc2SC(C)C(=O)Nc2ccc(Cl)cc2Cl)c(C)c1. The molecule has 3 aromatic rings. The number of rotatable bonds is 5. The third-order valence-corrected chi connectivity index (χ3v) is 5.57. The van der Waals surface area contributed by atoms with Gasteiger partial charge in [-0.3, -0.25) is 9.36 Å². The number of hydrogen-bond donors (Lipinski definition) is 1. The average Bonchev–Trinajstić information content (AvgIpc) is 3.05. The molecule has 1 heterocycles. The maximum Gasteiger partial charge on any atom is 0.237 e. The highest BCUT2D eigenvalue weighted by Gasteiger charge is 2.20. The van der Waals surface area contributed by atoms with Crippen LogP contribution in [-0.4, -0.2) is 25.9 Å². The molecular weight excluding hydrogens is 403 g/mol. The molecule has 3 rings (SSSR count). The van der Waals surface area contributed by atoms with Crippen molar-refractivity contribution in [3.63, 3.8) is 0 Å². The molecule has 0 aliphatic heterocycles. The predicted molar refractivity (Wildman–Crippen MR) is 111 cm³/mol. The van der Waals surface area contributed by atoms with Crippen LogP contribution in [0.1, 0.15) is 18.1 Å². The van der Waals surface area contributed by atoms with Crippen LogP contribution in [0.15, 0.2) is 47.9 Å². The second-order valence-electron chi connectivity index (χ2n) is 6.15. The summed E-state index contributed by atoms with van der Waals surface area (Å²) in [5.74, 6) is -0.181. The summed E-state index contributed by atoms with van der Waals surface area (Å²) in [4.78, 5) is 12.6. The number of anilines is 1. The van der Waals surface area contributed by atoms with Gasteiger partial charge < -0.3 is 5.32 Å². The number of amides is 1. The number of halogens is 2. The first-order chi connectivity index (χ1) is 12.8. The minimum Gasteiger partial charge on any atom is -0.324 e. The van der Waals surface area contributed by atoms with Crippen LogP contribution < -0.4 is 5.32 Å². The van der Waals surface area contributed by atoms with Crippen molar-refractivity contribution in [3.8, 4) is 5.69 Å². The van der Waals surface area contributed by atoms with Gasteiger partial charge in [-0.05, 0) is 50.6 Å². The number of thioether (sulfide) groups is 1. The Hall–Kier alpha value is -2.02. The maximum atomic E-state index is 12.6. The molecule has 2 aromatic carbocycles. The molecular formula is C19H18Cl2N4OS. The van der Waals surface area contributed by atoms with Gasteiger partial charge in [-0.1, -0.05) is 52.7 Å². The summed E-state index contributed by atoms with van der Waals surface area (Å²) in [6, 6.07) is 11.1. The summed E-state index contributed by atoms with van der Waals surface area (Å²) in [5.41, 5.74) is 3.81. The molecule has 1 atom stereocenters. The first-order valence-corrected chi connectivity index (χ1v) is 9.89. The van der Waals surface area contributed by atoms with Gasteiger partial charge in [-0.25, -0.2) is 0 Å². The van der Waals surface area contributed by atoms with Gasteiger partial charge in [0.15, 0.2) is 5.16 Å². The molecule has 0 radical (unpaired) electrons. The van der Waals surface area contributed by atoms with Gasteiger partial charge in [0.25, 0.3) is 0 Å². The number of nitrogens with one attached hydrogen (secondary N) is 1. The molecule has 140 valence electrons. The van der Waals surface area contributed by atoms with E-state index in [0.717, 1.165) is 11.3 Å². The van der Waals surface area contributed by atoms with E-state index in [0.29, 0.717) is 20.9 Å². The van der Waals surface area contributed by atoms with Crippen molar-refractivity contribution < 1.29 is 4.79 Å². The molecule has 8 heteroatoms. The molecule has 0 saturated carbocycles. The largest absolute Gasteiger partial charge is 0.324 e. The van der Waals surface area contributed by atoms with Gasteiger partial charge in [-0.2, -0.15) is 0 Å². The van der Waals surface area contributed by atoms with Crippen LogP contribution in [0.2, 0.25) is 10.0 Å². The number of hydrogen-bond acceptors (Lipinski definition) is 4. The summed E-state index contributed by atoms with van der Waals surface area (Å²) in [6.45, 7) is 5.90. The minimum atomic E-state index is -0.398. The van der Waals surface area contributed by atoms with Crippen molar-refractivity contribution in [2.24, 2.45) is 0 Å². The number of aromatic nitrogens is 3. The van der Waals surface area contributed by atoms with Gasteiger partial charge in [0.1, 0.15) is 6.33 Å². The first kappa shape index (κ1) is 19.7. The summed E-state index contributed by atoms with van der Waals surface area (Å²) in [5, 5.41) is 12.2. The molecule has 0 aliphatic carbocycles. The van der Waals surface area contributed by atoms with E-state index < -0.39 is 5.25 Å². The highest BCUT2D eigenvalue weighted by molar-refractivity contribution is 8.00. The molecule has 1 N–H and O–H groups in total. The molecule has 5 nitrogen and oxygen atoms in total. The number of nitrogens with zero attached hydrogens (tertiary/aromatic N) is 3. The Morgan fingerprint density at radius 1 is 1.19 bits per heavy atom. The molecule has 0 spiro atoms. The molecule has 0 bridgehead atoms. The average molecular weight is 421 g/mol. The zero-order chi connectivity index (χ0) is 19.6. The lowest BCUT2D eigenvalue weighted by Crippen LogP contribution is -2.23.